The summed E-state index contributed by atoms with van der Waals surface area (Å²) in [5.41, 5.74) is 0. The van der Waals surface area contributed by atoms with Crippen LogP contribution in [0.4, 0.5) is 0 Å². The fraction of sp³-hybridized carbons (Fsp3) is 1.00. The van der Waals surface area contributed by atoms with Crippen molar-refractivity contribution in [2.75, 3.05) is 45.8 Å². The van der Waals surface area contributed by atoms with Gasteiger partial charge in [-0.25, -0.2) is 0 Å². The molecule has 0 radical (unpaired) electrons. The van der Waals surface area contributed by atoms with E-state index in [1.54, 1.807) is 13.8 Å². The minimum absolute atomic E-state index is 0.0450. The Morgan fingerprint density at radius 2 is 1.31 bits per heavy atom. The topological polar surface area (TPSA) is 92.7 Å². The maximum Gasteiger partial charge on any atom is 0.333 e. The first-order chi connectivity index (χ1) is 15.5. The molecule has 0 spiro atoms. The fourth-order valence-corrected chi connectivity index (χ4v) is 5.43. The average molecular weight is 483 g/mol. The van der Waals surface area contributed by atoms with Crippen molar-refractivity contribution in [3.8, 4) is 0 Å². The Labute approximate surface area is 195 Å². The molecule has 1 saturated heterocycles. The molecule has 5 atom stereocenters. The number of aliphatic hydroxyl groups is 1. The van der Waals surface area contributed by atoms with Crippen molar-refractivity contribution < 1.29 is 37.7 Å². The van der Waals surface area contributed by atoms with Gasteiger partial charge in [0.15, 0.2) is 0 Å². The zero-order chi connectivity index (χ0) is 23.8. The van der Waals surface area contributed by atoms with E-state index < -0.39 is 38.1 Å². The van der Waals surface area contributed by atoms with E-state index in [0.29, 0.717) is 26.4 Å². The molecular formula is C23H47O8P. The van der Waals surface area contributed by atoms with E-state index in [-0.39, 0.29) is 19.4 Å². The van der Waals surface area contributed by atoms with Crippen molar-refractivity contribution in [2.45, 2.75) is 104 Å². The van der Waals surface area contributed by atoms with Gasteiger partial charge in [-0.3, -0.25) is 4.57 Å². The fourth-order valence-electron chi connectivity index (χ4n) is 3.61. The van der Waals surface area contributed by atoms with E-state index in [1.807, 2.05) is 0 Å². The molecule has 9 heteroatoms. The molecule has 1 heterocycles. The van der Waals surface area contributed by atoms with E-state index in [9.17, 15) is 9.67 Å². The van der Waals surface area contributed by atoms with E-state index >= 15 is 0 Å². The maximum absolute atomic E-state index is 13.2. The smallest absolute Gasteiger partial charge is 0.333 e. The molecule has 2 unspecified atom stereocenters. The highest BCUT2D eigenvalue weighted by Gasteiger charge is 2.49. The molecule has 1 rings (SSSR count). The van der Waals surface area contributed by atoms with Crippen LogP contribution in [0.3, 0.4) is 0 Å². The number of hydrogen-bond acceptors (Lipinski definition) is 8. The van der Waals surface area contributed by atoms with Crippen molar-refractivity contribution in [3.05, 3.63) is 0 Å². The van der Waals surface area contributed by atoms with Crippen molar-refractivity contribution in [3.63, 3.8) is 0 Å². The summed E-state index contributed by atoms with van der Waals surface area (Å²) >= 11 is 0. The van der Waals surface area contributed by atoms with Gasteiger partial charge in [-0.15, -0.1) is 0 Å². The Bertz CT molecular complexity index is 496. The SMILES string of the molecule is CCCCOCC1O[C@H](CP(=O)(OCC)OCC)C(O)[C@@H](OCCCC)[C@@H]1OCCCC. The summed E-state index contributed by atoms with van der Waals surface area (Å²) < 4.78 is 48.4. The molecule has 0 aliphatic carbocycles. The van der Waals surface area contributed by atoms with Crippen LogP contribution in [0.1, 0.15) is 73.1 Å². The van der Waals surface area contributed by atoms with Crippen molar-refractivity contribution >= 4 is 7.60 Å². The highest BCUT2D eigenvalue weighted by Crippen LogP contribution is 2.50. The van der Waals surface area contributed by atoms with E-state index in [2.05, 4.69) is 20.8 Å². The second-order valence-electron chi connectivity index (χ2n) is 8.14. The molecule has 0 aromatic heterocycles. The minimum Gasteiger partial charge on any atom is -0.388 e. The lowest BCUT2D eigenvalue weighted by Crippen LogP contribution is -2.61. The van der Waals surface area contributed by atoms with Crippen LogP contribution in [-0.2, 0) is 32.6 Å². The zero-order valence-corrected chi connectivity index (χ0v) is 21.7. The third-order valence-electron chi connectivity index (χ3n) is 5.35. The number of ether oxygens (including phenoxy) is 4. The summed E-state index contributed by atoms with van der Waals surface area (Å²) in [7, 11) is -3.41. The van der Waals surface area contributed by atoms with Gasteiger partial charge in [0.2, 0.25) is 0 Å². The van der Waals surface area contributed by atoms with E-state index in [0.717, 1.165) is 38.5 Å². The summed E-state index contributed by atoms with van der Waals surface area (Å²) in [6.07, 6.45) is 2.43. The summed E-state index contributed by atoms with van der Waals surface area (Å²) in [5.74, 6) is 0. The summed E-state index contributed by atoms with van der Waals surface area (Å²) in [4.78, 5) is 0. The first-order valence-electron chi connectivity index (χ1n) is 12.5. The predicted octanol–water partition coefficient (Wildman–Crippen LogP) is 4.57. The van der Waals surface area contributed by atoms with Crippen molar-refractivity contribution in [1.29, 1.82) is 0 Å². The van der Waals surface area contributed by atoms with Crippen molar-refractivity contribution in [1.82, 2.24) is 0 Å². The molecule has 0 aromatic rings. The number of aliphatic hydroxyl groups excluding tert-OH is 1. The summed E-state index contributed by atoms with van der Waals surface area (Å²) in [5, 5.41) is 11.2. The van der Waals surface area contributed by atoms with Gasteiger partial charge in [0, 0.05) is 19.8 Å². The molecule has 1 aliphatic rings. The molecule has 1 N–H and O–H groups in total. The zero-order valence-electron chi connectivity index (χ0n) is 20.8. The third-order valence-corrected chi connectivity index (χ3v) is 7.46. The Kier molecular flexibility index (Phi) is 16.3. The largest absolute Gasteiger partial charge is 0.388 e. The molecule has 0 saturated carbocycles. The highest BCUT2D eigenvalue weighted by molar-refractivity contribution is 7.53. The van der Waals surface area contributed by atoms with Gasteiger partial charge in [0.25, 0.3) is 0 Å². The monoisotopic (exact) mass is 482 g/mol. The normalized spacial score (nSPS) is 26.5. The molecule has 1 aliphatic heterocycles. The highest BCUT2D eigenvalue weighted by atomic mass is 31.2. The second-order valence-corrected chi connectivity index (χ2v) is 10.2. The quantitative estimate of drug-likeness (QED) is 0.211. The number of rotatable bonds is 19. The number of unbranched alkanes of at least 4 members (excludes halogenated alkanes) is 3. The second kappa shape index (κ2) is 17.4. The Morgan fingerprint density at radius 3 is 1.84 bits per heavy atom. The third kappa shape index (κ3) is 10.5. The average Bonchev–Trinajstić information content (AvgIpc) is 2.76. The van der Waals surface area contributed by atoms with Crippen LogP contribution in [0.2, 0.25) is 0 Å². The first kappa shape index (κ1) is 30.0. The van der Waals surface area contributed by atoms with Gasteiger partial charge in [-0.2, -0.15) is 0 Å². The summed E-state index contributed by atoms with van der Waals surface area (Å²) in [6, 6.07) is 0. The van der Waals surface area contributed by atoms with Crippen LogP contribution in [0.15, 0.2) is 0 Å². The van der Waals surface area contributed by atoms with Crippen LogP contribution >= 0.6 is 7.60 Å². The van der Waals surface area contributed by atoms with Gasteiger partial charge in [-0.05, 0) is 33.1 Å². The van der Waals surface area contributed by atoms with Crippen LogP contribution in [0, 0.1) is 0 Å². The van der Waals surface area contributed by atoms with Crippen molar-refractivity contribution in [2.24, 2.45) is 0 Å². The molecule has 8 nitrogen and oxygen atoms in total. The molecular weight excluding hydrogens is 435 g/mol. The lowest BCUT2D eigenvalue weighted by molar-refractivity contribution is -0.252. The molecule has 1 fully saturated rings. The lowest BCUT2D eigenvalue weighted by Gasteiger charge is -2.45. The van der Waals surface area contributed by atoms with Gasteiger partial charge < -0.3 is 33.1 Å². The van der Waals surface area contributed by atoms with Gasteiger partial charge in [-0.1, -0.05) is 40.0 Å². The molecule has 0 amide bonds. The molecule has 32 heavy (non-hydrogen) atoms. The lowest BCUT2D eigenvalue weighted by atomic mass is 9.95. The molecule has 192 valence electrons. The van der Waals surface area contributed by atoms with Crippen LogP contribution < -0.4 is 0 Å². The predicted molar refractivity (Wildman–Crippen MR) is 125 cm³/mol. The van der Waals surface area contributed by atoms with Gasteiger partial charge in [0.1, 0.15) is 24.4 Å². The van der Waals surface area contributed by atoms with Crippen LogP contribution in [0.25, 0.3) is 0 Å². The molecule has 0 aromatic carbocycles. The maximum atomic E-state index is 13.2. The number of hydrogen-bond donors (Lipinski definition) is 1. The van der Waals surface area contributed by atoms with Gasteiger partial charge >= 0.3 is 7.60 Å². The summed E-state index contributed by atoms with van der Waals surface area (Å²) in [6.45, 7) is 12.4. The Balaban J connectivity index is 3.06. The standard InChI is InChI=1S/C23H47O8P/c1-6-11-14-26-17-19-22(27-15-12-7-2)23(28-16-13-8-3)21(24)20(31-19)18-32(25,29-9-4)30-10-5/h19-24H,6-18H2,1-5H3/t19?,20-,21?,22-,23-/m1/s1. The van der Waals surface area contributed by atoms with E-state index in [4.69, 9.17) is 28.0 Å². The van der Waals surface area contributed by atoms with E-state index in [1.165, 1.54) is 0 Å². The van der Waals surface area contributed by atoms with Gasteiger partial charge in [0.05, 0.1) is 32.1 Å². The Hall–Kier alpha value is -0.0500. The Morgan fingerprint density at radius 1 is 0.781 bits per heavy atom. The minimum atomic E-state index is -3.41. The first-order valence-corrected chi connectivity index (χ1v) is 14.2. The van der Waals surface area contributed by atoms with Crippen LogP contribution in [0.5, 0.6) is 0 Å². The molecule has 0 bridgehead atoms. The van der Waals surface area contributed by atoms with Crippen LogP contribution in [-0.4, -0.2) is 81.4 Å².